The van der Waals surface area contributed by atoms with Crippen molar-refractivity contribution in [2.75, 3.05) is 61.1 Å². The van der Waals surface area contributed by atoms with Crippen molar-refractivity contribution in [2.24, 2.45) is 12.5 Å². The molecular weight excluding hydrogens is 632 g/mol. The summed E-state index contributed by atoms with van der Waals surface area (Å²) >= 11 is 0. The van der Waals surface area contributed by atoms with Crippen molar-refractivity contribution in [1.29, 1.82) is 0 Å². The molecular formula is C38H46N8O4. The number of carbonyl (C=O) groups is 2. The minimum atomic E-state index is -0.231. The smallest absolute Gasteiger partial charge is 0.276 e. The van der Waals surface area contributed by atoms with Gasteiger partial charge in [-0.1, -0.05) is 27.7 Å². The van der Waals surface area contributed by atoms with Gasteiger partial charge >= 0.3 is 0 Å². The number of aromatic nitrogens is 4. The van der Waals surface area contributed by atoms with E-state index in [9.17, 15) is 14.4 Å². The maximum Gasteiger partial charge on any atom is 0.276 e. The number of piperazine rings is 1. The molecule has 50 heavy (non-hydrogen) atoms. The fraction of sp³-hybridized carbons (Fsp3) is 0.447. The van der Waals surface area contributed by atoms with Crippen molar-refractivity contribution >= 4 is 35.2 Å². The first-order valence-electron chi connectivity index (χ1n) is 17.7. The molecule has 0 saturated carbocycles. The first-order chi connectivity index (χ1) is 24.2. The number of hydrogen-bond donors (Lipinski definition) is 1. The standard InChI is InChI=1S/C36H40N8O4.C2H6/c1-36(2)16-23-15-30-35(47)44(13-12-43(30)31(23)17-36)33-28(20-45)27(6-7-37-33)24-14-29(34(46)40(3)19-24)39-32-5-4-25(18-38-32)41-8-10-42(11-9-41)26-21-48-22-26;1-2/h4-7,14-15,18-20,26H,8-13,16-17,21-22H2,1-3H3,(H,38,39);1-2H3. The van der Waals surface area contributed by atoms with E-state index >= 15 is 0 Å². The molecule has 0 bridgehead atoms. The number of pyridine rings is 3. The molecule has 2 fully saturated rings. The van der Waals surface area contributed by atoms with Gasteiger partial charge < -0.3 is 24.1 Å². The minimum Gasteiger partial charge on any atom is -0.378 e. The van der Waals surface area contributed by atoms with Gasteiger partial charge in [0.1, 0.15) is 23.0 Å². The van der Waals surface area contributed by atoms with E-state index in [2.05, 4.69) is 43.5 Å². The molecule has 0 aromatic carbocycles. The molecule has 0 unspecified atom stereocenters. The SMILES string of the molecule is CC.Cn1cc(-c2ccnc(N3CCn4c(cc5c4CC(C)(C)C5)C3=O)c2C=O)cc(Nc2ccc(N3CCN(C4COC4)CC3)cn2)c1=O. The van der Waals surface area contributed by atoms with E-state index in [4.69, 9.17) is 4.74 Å². The van der Waals surface area contributed by atoms with Crippen LogP contribution >= 0.6 is 0 Å². The van der Waals surface area contributed by atoms with Crippen LogP contribution in [0.2, 0.25) is 0 Å². The molecule has 12 heteroatoms. The topological polar surface area (TPSA) is 118 Å². The lowest BCUT2D eigenvalue weighted by Crippen LogP contribution is -2.56. The maximum absolute atomic E-state index is 13.8. The van der Waals surface area contributed by atoms with E-state index < -0.39 is 0 Å². The number of amides is 1. The van der Waals surface area contributed by atoms with Crippen molar-refractivity contribution in [1.82, 2.24) is 24.0 Å². The van der Waals surface area contributed by atoms with Gasteiger partial charge in [-0.3, -0.25) is 24.2 Å². The van der Waals surface area contributed by atoms with Crippen LogP contribution in [0.4, 0.5) is 23.0 Å². The van der Waals surface area contributed by atoms with E-state index in [1.165, 1.54) is 15.8 Å². The van der Waals surface area contributed by atoms with Crippen LogP contribution in [0, 0.1) is 5.41 Å². The predicted octanol–water partition coefficient (Wildman–Crippen LogP) is 4.53. The zero-order valence-electron chi connectivity index (χ0n) is 29.6. The molecule has 7 heterocycles. The number of anilines is 4. The largest absolute Gasteiger partial charge is 0.378 e. The van der Waals surface area contributed by atoms with Gasteiger partial charge in [-0.2, -0.15) is 0 Å². The fourth-order valence-electron chi connectivity index (χ4n) is 7.67. The molecule has 4 aromatic heterocycles. The van der Waals surface area contributed by atoms with Crippen LogP contribution in [0.15, 0.2) is 53.7 Å². The molecule has 0 radical (unpaired) electrons. The third kappa shape index (κ3) is 6.11. The van der Waals surface area contributed by atoms with E-state index in [1.807, 2.05) is 38.2 Å². The number of carbonyl (C=O) groups excluding carboxylic acids is 2. The molecule has 262 valence electrons. The molecule has 12 nitrogen and oxygen atoms in total. The quantitative estimate of drug-likeness (QED) is 0.282. The number of fused-ring (bicyclic) bond motifs is 3. The lowest BCUT2D eigenvalue weighted by Gasteiger charge is -2.43. The summed E-state index contributed by atoms with van der Waals surface area (Å²) in [7, 11) is 1.68. The maximum atomic E-state index is 13.8. The lowest BCUT2D eigenvalue weighted by molar-refractivity contribution is -0.0660. The van der Waals surface area contributed by atoms with Crippen LogP contribution in [-0.2, 0) is 31.2 Å². The lowest BCUT2D eigenvalue weighted by atomic mass is 9.90. The first kappa shape index (κ1) is 33.7. The van der Waals surface area contributed by atoms with Gasteiger partial charge in [0.15, 0.2) is 6.29 Å². The van der Waals surface area contributed by atoms with Gasteiger partial charge in [0.05, 0.1) is 36.7 Å². The van der Waals surface area contributed by atoms with Crippen molar-refractivity contribution < 1.29 is 14.3 Å². The number of hydrogen-bond acceptors (Lipinski definition) is 9. The molecule has 0 atom stereocenters. The van der Waals surface area contributed by atoms with Gasteiger partial charge in [-0.15, -0.1) is 0 Å². The Morgan fingerprint density at radius 2 is 1.74 bits per heavy atom. The predicted molar refractivity (Wildman–Crippen MR) is 195 cm³/mol. The highest BCUT2D eigenvalue weighted by atomic mass is 16.5. The molecule has 1 aliphatic carbocycles. The van der Waals surface area contributed by atoms with Gasteiger partial charge in [0, 0.05) is 70.0 Å². The number of nitrogens with zero attached hydrogens (tertiary/aromatic N) is 7. The van der Waals surface area contributed by atoms with Gasteiger partial charge in [-0.25, -0.2) is 9.97 Å². The summed E-state index contributed by atoms with van der Waals surface area (Å²) in [6, 6.07) is 9.93. The Kier molecular flexibility index (Phi) is 9.08. The monoisotopic (exact) mass is 678 g/mol. The average molecular weight is 679 g/mol. The van der Waals surface area contributed by atoms with Crippen molar-refractivity contribution in [3.05, 3.63) is 81.8 Å². The van der Waals surface area contributed by atoms with Crippen LogP contribution in [0.5, 0.6) is 0 Å². The Hall–Kier alpha value is -4.81. The van der Waals surface area contributed by atoms with Crippen LogP contribution in [0.1, 0.15) is 59.8 Å². The van der Waals surface area contributed by atoms with Crippen molar-refractivity contribution in [3.8, 4) is 11.1 Å². The van der Waals surface area contributed by atoms with Crippen molar-refractivity contribution in [2.45, 2.75) is 53.1 Å². The van der Waals surface area contributed by atoms with Crippen LogP contribution in [0.3, 0.4) is 0 Å². The minimum absolute atomic E-state index is 0.159. The highest BCUT2D eigenvalue weighted by Gasteiger charge is 2.37. The Labute approximate surface area is 292 Å². The molecule has 3 aliphatic heterocycles. The van der Waals surface area contributed by atoms with Gasteiger partial charge in [0.2, 0.25) is 0 Å². The second-order valence-electron chi connectivity index (χ2n) is 14.1. The number of aryl methyl sites for hydroxylation is 1. The number of aldehydes is 1. The Morgan fingerprint density at radius 1 is 0.960 bits per heavy atom. The first-order valence-corrected chi connectivity index (χ1v) is 17.7. The third-order valence-corrected chi connectivity index (χ3v) is 10.3. The molecule has 4 aromatic rings. The van der Waals surface area contributed by atoms with Crippen molar-refractivity contribution in [3.63, 3.8) is 0 Å². The second-order valence-corrected chi connectivity index (χ2v) is 14.1. The molecule has 1 amide bonds. The molecule has 2 saturated heterocycles. The zero-order valence-corrected chi connectivity index (χ0v) is 29.6. The Morgan fingerprint density at radius 3 is 2.42 bits per heavy atom. The Bertz CT molecular complexity index is 1970. The third-order valence-electron chi connectivity index (χ3n) is 10.3. The van der Waals surface area contributed by atoms with E-state index in [0.29, 0.717) is 58.8 Å². The number of rotatable bonds is 7. The molecule has 4 aliphatic rings. The van der Waals surface area contributed by atoms with Gasteiger partial charge in [-0.05, 0) is 59.7 Å². The molecule has 0 spiro atoms. The summed E-state index contributed by atoms with van der Waals surface area (Å²) in [5, 5.41) is 3.19. The summed E-state index contributed by atoms with van der Waals surface area (Å²) in [6.07, 6.45) is 7.78. The summed E-state index contributed by atoms with van der Waals surface area (Å²) < 4.78 is 8.98. The zero-order chi connectivity index (χ0) is 35.2. The van der Waals surface area contributed by atoms with Crippen LogP contribution in [-0.4, -0.2) is 88.2 Å². The molecule has 8 rings (SSSR count). The van der Waals surface area contributed by atoms with E-state index in [1.54, 1.807) is 36.5 Å². The number of nitrogens with one attached hydrogen (secondary N) is 1. The molecule has 1 N–H and O–H groups in total. The van der Waals surface area contributed by atoms with E-state index in [0.717, 1.165) is 64.2 Å². The summed E-state index contributed by atoms with van der Waals surface area (Å²) in [6.45, 7) is 15.1. The fourth-order valence-corrected chi connectivity index (χ4v) is 7.67. The normalized spacial score (nSPS) is 18.5. The number of ether oxygens (including phenoxy) is 1. The average Bonchev–Trinajstić information content (AvgIpc) is 3.59. The van der Waals surface area contributed by atoms with Gasteiger partial charge in [0.25, 0.3) is 11.5 Å². The van der Waals surface area contributed by atoms with Crippen LogP contribution in [0.25, 0.3) is 11.1 Å². The summed E-state index contributed by atoms with van der Waals surface area (Å²) in [4.78, 5) is 55.3. The highest BCUT2D eigenvalue weighted by molar-refractivity contribution is 6.08. The second kappa shape index (κ2) is 13.5. The summed E-state index contributed by atoms with van der Waals surface area (Å²) in [5.41, 5.74) is 5.98. The Balaban J connectivity index is 0.00000193. The van der Waals surface area contributed by atoms with Crippen LogP contribution < -0.4 is 20.7 Å². The summed E-state index contributed by atoms with van der Waals surface area (Å²) in [5.74, 6) is 0.706. The van der Waals surface area contributed by atoms with E-state index in [-0.39, 0.29) is 16.9 Å². The highest BCUT2D eigenvalue weighted by Crippen LogP contribution is 2.40.